The number of nitrogens with one attached hydrogen (secondary N) is 1. The van der Waals surface area contributed by atoms with Crippen LogP contribution >= 0.6 is 0 Å². The van der Waals surface area contributed by atoms with Gasteiger partial charge >= 0.3 is 0 Å². The molecule has 10 heteroatoms. The highest BCUT2D eigenvalue weighted by Crippen LogP contribution is 2.16. The molecular formula is C25H31N5O4S. The smallest absolute Gasteiger partial charge is 0.295 e. The number of hydrogen-bond donors (Lipinski definition) is 1. The number of carbonyl (C=O) groups excluding carboxylic acids is 1. The van der Waals surface area contributed by atoms with Crippen LogP contribution in [0.3, 0.4) is 0 Å². The van der Waals surface area contributed by atoms with Crippen LogP contribution in [0.4, 0.5) is 5.69 Å². The number of para-hydroxylation sites is 1. The number of aromatic nitrogens is 2. The Kier molecular flexibility index (Phi) is 7.25. The van der Waals surface area contributed by atoms with E-state index in [1.54, 1.807) is 42.0 Å². The Hall–Kier alpha value is -3.21. The second-order valence-corrected chi connectivity index (χ2v) is 10.9. The summed E-state index contributed by atoms with van der Waals surface area (Å²) in [4.78, 5) is 28.1. The van der Waals surface area contributed by atoms with Gasteiger partial charge < -0.3 is 5.32 Å². The molecule has 4 rings (SSSR count). The molecule has 0 aliphatic carbocycles. The van der Waals surface area contributed by atoms with Crippen LogP contribution in [0.25, 0.3) is 5.69 Å². The number of benzene rings is 2. The number of nitrogens with zero attached hydrogens (tertiary/aromatic N) is 4. The maximum atomic E-state index is 13.0. The van der Waals surface area contributed by atoms with Crippen LogP contribution in [0.15, 0.2) is 59.4 Å². The molecule has 9 nitrogen and oxygen atoms in total. The summed E-state index contributed by atoms with van der Waals surface area (Å²) in [6, 6.07) is 16.6. The summed E-state index contributed by atoms with van der Waals surface area (Å²) in [5.41, 5.74) is 2.85. The number of piperazine rings is 1. The zero-order chi connectivity index (χ0) is 25.2. The van der Waals surface area contributed by atoms with E-state index in [1.165, 1.54) is 4.68 Å². The van der Waals surface area contributed by atoms with Crippen molar-refractivity contribution in [3.8, 4) is 5.69 Å². The minimum atomic E-state index is -3.14. The number of carbonyl (C=O) groups is 1. The maximum Gasteiger partial charge on any atom is 0.295 e. The quantitative estimate of drug-likeness (QED) is 0.540. The summed E-state index contributed by atoms with van der Waals surface area (Å²) >= 11 is 0. The first-order valence-electron chi connectivity index (χ1n) is 11.7. The predicted octanol–water partition coefficient (Wildman–Crippen LogP) is 2.20. The average molecular weight is 498 g/mol. The van der Waals surface area contributed by atoms with Crippen LogP contribution in [0, 0.1) is 6.92 Å². The lowest BCUT2D eigenvalue weighted by molar-refractivity contribution is 0.102. The lowest BCUT2D eigenvalue weighted by atomic mass is 10.1. The topological polar surface area (TPSA) is 96.7 Å². The molecule has 3 aromatic rings. The van der Waals surface area contributed by atoms with Crippen LogP contribution in [-0.2, 0) is 23.6 Å². The Labute approximate surface area is 205 Å². The first-order chi connectivity index (χ1) is 16.7. The van der Waals surface area contributed by atoms with Gasteiger partial charge in [-0.25, -0.2) is 13.1 Å². The van der Waals surface area contributed by atoms with Gasteiger partial charge in [0.2, 0.25) is 10.0 Å². The van der Waals surface area contributed by atoms with Crippen molar-refractivity contribution < 1.29 is 13.2 Å². The summed E-state index contributed by atoms with van der Waals surface area (Å²) in [5, 5.41) is 2.79. The van der Waals surface area contributed by atoms with Gasteiger partial charge in [-0.15, -0.1) is 0 Å². The first kappa shape index (κ1) is 24.9. The molecule has 2 aromatic carbocycles. The van der Waals surface area contributed by atoms with Crippen molar-refractivity contribution in [2.45, 2.75) is 20.4 Å². The number of anilines is 1. The highest BCUT2D eigenvalue weighted by atomic mass is 32.2. The molecule has 1 N–H and O–H groups in total. The maximum absolute atomic E-state index is 13.0. The van der Waals surface area contributed by atoms with Gasteiger partial charge in [-0.05, 0) is 43.7 Å². The molecule has 35 heavy (non-hydrogen) atoms. The van der Waals surface area contributed by atoms with E-state index in [1.807, 2.05) is 42.5 Å². The van der Waals surface area contributed by atoms with E-state index in [0.717, 1.165) is 11.3 Å². The molecule has 0 bridgehead atoms. The molecule has 0 spiro atoms. The third-order valence-electron chi connectivity index (χ3n) is 6.50. The van der Waals surface area contributed by atoms with Crippen LogP contribution in [0.1, 0.15) is 28.5 Å². The molecular weight excluding hydrogens is 466 g/mol. The van der Waals surface area contributed by atoms with E-state index in [-0.39, 0.29) is 22.9 Å². The Bertz CT molecular complexity index is 1350. The SMILES string of the molecule is CCS(=O)(=O)N1CCN(Cc2ccc(C(=O)Nc3c(C)n(C)n(-c4ccccc4)c3=O)cc2)CC1. The van der Waals surface area contributed by atoms with E-state index in [9.17, 15) is 18.0 Å². The number of sulfonamides is 1. The van der Waals surface area contributed by atoms with Gasteiger partial charge in [0.05, 0.1) is 17.1 Å². The molecule has 186 valence electrons. The molecule has 1 saturated heterocycles. The Morgan fingerprint density at radius 3 is 2.20 bits per heavy atom. The Morgan fingerprint density at radius 2 is 1.60 bits per heavy atom. The van der Waals surface area contributed by atoms with E-state index in [0.29, 0.717) is 44.0 Å². The minimum absolute atomic E-state index is 0.124. The van der Waals surface area contributed by atoms with Crippen molar-refractivity contribution in [3.05, 3.63) is 81.8 Å². The Morgan fingerprint density at radius 1 is 0.971 bits per heavy atom. The van der Waals surface area contributed by atoms with Gasteiger partial charge in [0.15, 0.2) is 0 Å². The van der Waals surface area contributed by atoms with Crippen molar-refractivity contribution in [1.29, 1.82) is 0 Å². The van der Waals surface area contributed by atoms with Crippen molar-refractivity contribution in [2.24, 2.45) is 7.05 Å². The largest absolute Gasteiger partial charge is 0.316 e. The van der Waals surface area contributed by atoms with Crippen LogP contribution in [0.5, 0.6) is 0 Å². The second kappa shape index (κ2) is 10.2. The van der Waals surface area contributed by atoms with Crippen molar-refractivity contribution in [2.75, 3.05) is 37.2 Å². The molecule has 0 unspecified atom stereocenters. The van der Waals surface area contributed by atoms with Crippen LogP contribution in [0.2, 0.25) is 0 Å². The highest BCUT2D eigenvalue weighted by Gasteiger charge is 2.25. The highest BCUT2D eigenvalue weighted by molar-refractivity contribution is 7.89. The van der Waals surface area contributed by atoms with Gasteiger partial charge in [0, 0.05) is 45.3 Å². The minimum Gasteiger partial charge on any atom is -0.316 e. The number of amides is 1. The average Bonchev–Trinajstić information content (AvgIpc) is 3.08. The molecule has 1 aromatic heterocycles. The van der Waals surface area contributed by atoms with Gasteiger partial charge in [-0.3, -0.25) is 19.2 Å². The first-order valence-corrected chi connectivity index (χ1v) is 13.3. The second-order valence-electron chi connectivity index (χ2n) is 8.66. The van der Waals surface area contributed by atoms with Crippen molar-refractivity contribution in [1.82, 2.24) is 18.6 Å². The zero-order valence-corrected chi connectivity index (χ0v) is 21.1. The fraction of sp³-hybridized carbons (Fsp3) is 0.360. The predicted molar refractivity (Wildman–Crippen MR) is 136 cm³/mol. The molecule has 1 aliphatic rings. The molecule has 1 amide bonds. The van der Waals surface area contributed by atoms with Crippen molar-refractivity contribution >= 4 is 21.6 Å². The van der Waals surface area contributed by atoms with E-state index in [4.69, 9.17) is 0 Å². The van der Waals surface area contributed by atoms with Gasteiger partial charge in [-0.1, -0.05) is 30.3 Å². The Balaban J connectivity index is 1.41. The molecule has 1 aliphatic heterocycles. The summed E-state index contributed by atoms with van der Waals surface area (Å²) in [6.07, 6.45) is 0. The summed E-state index contributed by atoms with van der Waals surface area (Å²) in [5.74, 6) is -0.222. The summed E-state index contributed by atoms with van der Waals surface area (Å²) in [7, 11) is -1.36. The standard InChI is InChI=1S/C25H31N5O4S/c1-4-35(33,34)29-16-14-28(15-17-29)18-20-10-12-21(13-11-20)24(31)26-23-19(2)27(3)30(25(23)32)22-8-6-5-7-9-22/h5-13H,4,14-18H2,1-3H3,(H,26,31). The zero-order valence-electron chi connectivity index (χ0n) is 20.3. The molecule has 0 atom stereocenters. The van der Waals surface area contributed by atoms with Crippen LogP contribution in [-0.4, -0.2) is 64.8 Å². The normalized spacial score (nSPS) is 15.3. The van der Waals surface area contributed by atoms with Gasteiger partial charge in [0.25, 0.3) is 11.5 Å². The lowest BCUT2D eigenvalue weighted by Crippen LogP contribution is -2.48. The fourth-order valence-electron chi connectivity index (χ4n) is 4.27. The van der Waals surface area contributed by atoms with E-state index in [2.05, 4.69) is 10.2 Å². The lowest BCUT2D eigenvalue weighted by Gasteiger charge is -2.33. The molecule has 0 saturated carbocycles. The fourth-order valence-corrected chi connectivity index (χ4v) is 5.35. The van der Waals surface area contributed by atoms with Crippen molar-refractivity contribution in [3.63, 3.8) is 0 Å². The third kappa shape index (κ3) is 5.24. The third-order valence-corrected chi connectivity index (χ3v) is 8.39. The van der Waals surface area contributed by atoms with Gasteiger partial charge in [0.1, 0.15) is 5.69 Å². The van der Waals surface area contributed by atoms with E-state index < -0.39 is 10.0 Å². The molecule has 2 heterocycles. The number of hydrogen-bond acceptors (Lipinski definition) is 5. The summed E-state index contributed by atoms with van der Waals surface area (Å²) < 4.78 is 28.9. The van der Waals surface area contributed by atoms with Gasteiger partial charge in [-0.2, -0.15) is 4.31 Å². The van der Waals surface area contributed by atoms with E-state index >= 15 is 0 Å². The molecule has 1 fully saturated rings. The molecule has 0 radical (unpaired) electrons. The monoisotopic (exact) mass is 497 g/mol. The summed E-state index contributed by atoms with van der Waals surface area (Å²) in [6.45, 7) is 6.47. The number of rotatable bonds is 7. The van der Waals surface area contributed by atoms with Crippen LogP contribution < -0.4 is 10.9 Å².